The summed E-state index contributed by atoms with van der Waals surface area (Å²) in [6.45, 7) is 8.97. The van der Waals surface area contributed by atoms with Crippen LogP contribution in [-0.4, -0.2) is 29.6 Å². The van der Waals surface area contributed by atoms with Crippen molar-refractivity contribution < 1.29 is 9.53 Å². The zero-order valence-electron chi connectivity index (χ0n) is 19.5. The van der Waals surface area contributed by atoms with Crippen LogP contribution in [0.15, 0.2) is 61.2 Å². The smallest absolute Gasteiger partial charge is 0.229 e. The summed E-state index contributed by atoms with van der Waals surface area (Å²) in [7, 11) is 0. The predicted octanol–water partition coefficient (Wildman–Crippen LogP) is 7.59. The molecule has 4 rings (SSSR count). The molecule has 3 nitrogen and oxygen atoms in total. The molecule has 2 heterocycles. The number of carbonyl (C=O) groups is 1. The molecule has 2 aromatic rings. The van der Waals surface area contributed by atoms with Crippen molar-refractivity contribution in [1.29, 1.82) is 0 Å². The third-order valence-corrected chi connectivity index (χ3v) is 7.84. The monoisotopic (exact) mass is 485 g/mol. The normalized spacial score (nSPS) is 28.7. The minimum absolute atomic E-state index is 0.00630. The molecule has 5 heteroatoms. The molecule has 1 amide bonds. The van der Waals surface area contributed by atoms with Gasteiger partial charge in [0.1, 0.15) is 0 Å². The second kappa shape index (κ2) is 10.2. The quantitative estimate of drug-likeness (QED) is 0.378. The third-order valence-electron chi connectivity index (χ3n) is 7.35. The van der Waals surface area contributed by atoms with Gasteiger partial charge in [0.2, 0.25) is 5.91 Å². The molecule has 2 fully saturated rings. The average Bonchev–Trinajstić information content (AvgIpc) is 3.33. The van der Waals surface area contributed by atoms with Crippen LogP contribution in [0.4, 0.5) is 0 Å². The highest BCUT2D eigenvalue weighted by Gasteiger charge is 2.52. The highest BCUT2D eigenvalue weighted by molar-refractivity contribution is 6.30. The molecule has 0 saturated carbocycles. The van der Waals surface area contributed by atoms with Crippen molar-refractivity contribution in [2.75, 3.05) is 6.61 Å². The van der Waals surface area contributed by atoms with Crippen molar-refractivity contribution in [3.63, 3.8) is 0 Å². The van der Waals surface area contributed by atoms with Crippen LogP contribution in [0.3, 0.4) is 0 Å². The first-order chi connectivity index (χ1) is 15.9. The van der Waals surface area contributed by atoms with E-state index < -0.39 is 5.41 Å². The fourth-order valence-corrected chi connectivity index (χ4v) is 6.12. The molecular weight excluding hydrogens is 453 g/mol. The van der Waals surface area contributed by atoms with E-state index in [9.17, 15) is 4.79 Å². The summed E-state index contributed by atoms with van der Waals surface area (Å²) < 4.78 is 6.14. The van der Waals surface area contributed by atoms with Gasteiger partial charge in [0.15, 0.2) is 0 Å². The molecule has 0 aromatic heterocycles. The van der Waals surface area contributed by atoms with Gasteiger partial charge in [-0.3, -0.25) is 4.79 Å². The number of piperidine rings is 1. The van der Waals surface area contributed by atoms with Gasteiger partial charge >= 0.3 is 0 Å². The maximum atomic E-state index is 14.3. The average molecular weight is 486 g/mol. The number of halogens is 2. The Bertz CT molecular complexity index is 986. The minimum atomic E-state index is -0.538. The largest absolute Gasteiger partial charge is 0.376 e. The molecular formula is C28H33Cl2NO2. The van der Waals surface area contributed by atoms with Gasteiger partial charge in [-0.15, -0.1) is 6.58 Å². The van der Waals surface area contributed by atoms with Crippen LogP contribution in [0.25, 0.3) is 0 Å². The molecule has 2 unspecified atom stereocenters. The Balaban J connectivity index is 1.89. The van der Waals surface area contributed by atoms with Crippen LogP contribution in [0, 0.1) is 5.41 Å². The van der Waals surface area contributed by atoms with Crippen molar-refractivity contribution >= 4 is 29.1 Å². The molecule has 176 valence electrons. The summed E-state index contributed by atoms with van der Waals surface area (Å²) in [4.78, 5) is 16.4. The first-order valence-electron chi connectivity index (χ1n) is 11.9. The second-order valence-electron chi connectivity index (χ2n) is 9.65. The van der Waals surface area contributed by atoms with Gasteiger partial charge in [-0.2, -0.15) is 0 Å². The van der Waals surface area contributed by atoms with Gasteiger partial charge in [-0.05, 0) is 67.5 Å². The lowest BCUT2D eigenvalue weighted by Crippen LogP contribution is -2.58. The van der Waals surface area contributed by atoms with Gasteiger partial charge in [0.25, 0.3) is 0 Å². The van der Waals surface area contributed by atoms with Crippen LogP contribution in [0.2, 0.25) is 10.0 Å². The van der Waals surface area contributed by atoms with E-state index in [1.807, 2.05) is 36.4 Å². The van der Waals surface area contributed by atoms with Crippen LogP contribution in [-0.2, 0) is 9.53 Å². The summed E-state index contributed by atoms with van der Waals surface area (Å²) in [5, 5.41) is 1.40. The lowest BCUT2D eigenvalue weighted by molar-refractivity contribution is -0.158. The highest BCUT2D eigenvalue weighted by atomic mass is 35.5. The van der Waals surface area contributed by atoms with Crippen molar-refractivity contribution in [2.24, 2.45) is 5.41 Å². The first-order valence-corrected chi connectivity index (χ1v) is 12.7. The number of benzene rings is 2. The molecule has 0 spiro atoms. The predicted molar refractivity (Wildman–Crippen MR) is 136 cm³/mol. The number of rotatable bonds is 7. The Kier molecular flexibility index (Phi) is 7.53. The minimum Gasteiger partial charge on any atom is -0.376 e. The Morgan fingerprint density at radius 1 is 1.18 bits per heavy atom. The van der Waals surface area contributed by atoms with Gasteiger partial charge in [0, 0.05) is 22.6 Å². The number of ether oxygens (including phenoxy) is 1. The summed E-state index contributed by atoms with van der Waals surface area (Å²) in [5.74, 6) is 0.269. The van der Waals surface area contributed by atoms with Crippen LogP contribution < -0.4 is 0 Å². The molecule has 0 bridgehead atoms. The number of nitrogens with zero attached hydrogens (tertiary/aromatic N) is 1. The summed E-state index contributed by atoms with van der Waals surface area (Å²) in [6, 6.07) is 15.9. The second-order valence-corrected chi connectivity index (χ2v) is 10.5. The Labute approximate surface area is 207 Å². The van der Waals surface area contributed by atoms with E-state index in [1.165, 1.54) is 0 Å². The van der Waals surface area contributed by atoms with E-state index >= 15 is 0 Å². The standard InChI is InChI=1S/C28H33Cl2NO2/c1-4-15-28(3)18-23(20-8-6-9-22(30)17-20)26(19-11-13-21(29)14-12-19)31(27(28)32)24(5-2)25-10-7-16-33-25/h4,6,8-9,11-14,17,23-26H,1,5,7,10,15-16,18H2,2-3H3/t23-,24?,25?,26-,28+/m1/s1. The molecule has 2 aliphatic heterocycles. The van der Waals surface area contributed by atoms with Crippen LogP contribution >= 0.6 is 23.2 Å². The molecule has 2 saturated heterocycles. The molecule has 33 heavy (non-hydrogen) atoms. The Hall–Kier alpha value is -1.81. The fraction of sp³-hybridized carbons (Fsp3) is 0.464. The maximum absolute atomic E-state index is 14.3. The van der Waals surface area contributed by atoms with Crippen molar-refractivity contribution in [3.05, 3.63) is 82.4 Å². The summed E-state index contributed by atoms with van der Waals surface area (Å²) >= 11 is 12.7. The lowest BCUT2D eigenvalue weighted by atomic mass is 9.66. The first kappa shape index (κ1) is 24.3. The number of allylic oxidation sites excluding steroid dienone is 1. The van der Waals surface area contributed by atoms with Gasteiger partial charge < -0.3 is 9.64 Å². The lowest BCUT2D eigenvalue weighted by Gasteiger charge is -2.53. The van der Waals surface area contributed by atoms with Crippen molar-refractivity contribution in [1.82, 2.24) is 4.90 Å². The van der Waals surface area contributed by atoms with E-state index in [4.69, 9.17) is 27.9 Å². The molecule has 5 atom stereocenters. The van der Waals surface area contributed by atoms with E-state index in [-0.39, 0.29) is 30.0 Å². The Morgan fingerprint density at radius 3 is 2.55 bits per heavy atom. The summed E-state index contributed by atoms with van der Waals surface area (Å²) in [5.41, 5.74) is 1.70. The molecule has 0 aliphatic carbocycles. The van der Waals surface area contributed by atoms with Gasteiger partial charge in [-0.1, -0.05) is 67.4 Å². The van der Waals surface area contributed by atoms with Crippen LogP contribution in [0.1, 0.15) is 69.0 Å². The van der Waals surface area contributed by atoms with Gasteiger partial charge in [0.05, 0.1) is 23.6 Å². The van der Waals surface area contributed by atoms with E-state index in [0.29, 0.717) is 16.5 Å². The number of amides is 1. The number of hydrogen-bond acceptors (Lipinski definition) is 2. The van der Waals surface area contributed by atoms with E-state index in [0.717, 1.165) is 43.4 Å². The number of carbonyl (C=O) groups excluding carboxylic acids is 1. The zero-order valence-corrected chi connectivity index (χ0v) is 21.0. The van der Waals surface area contributed by atoms with E-state index in [2.05, 4.69) is 43.5 Å². The summed E-state index contributed by atoms with van der Waals surface area (Å²) in [6.07, 6.45) is 6.15. The maximum Gasteiger partial charge on any atom is 0.229 e. The third kappa shape index (κ3) is 4.87. The highest BCUT2D eigenvalue weighted by Crippen LogP contribution is 2.52. The SMILES string of the molecule is C=CC[C@@]1(C)C[C@H](c2cccc(Cl)c2)[C@@H](c2ccc(Cl)cc2)N(C(CC)C2CCCO2)C1=O. The fourth-order valence-electron chi connectivity index (χ4n) is 5.80. The van der Waals surface area contributed by atoms with Crippen LogP contribution in [0.5, 0.6) is 0 Å². The molecule has 0 N–H and O–H groups in total. The van der Waals surface area contributed by atoms with E-state index in [1.54, 1.807) is 0 Å². The molecule has 2 aliphatic rings. The van der Waals surface area contributed by atoms with Crippen molar-refractivity contribution in [3.8, 4) is 0 Å². The van der Waals surface area contributed by atoms with Gasteiger partial charge in [-0.25, -0.2) is 0 Å². The zero-order chi connectivity index (χ0) is 23.6. The topological polar surface area (TPSA) is 29.5 Å². The molecule has 2 aromatic carbocycles. The van der Waals surface area contributed by atoms with Crippen molar-refractivity contribution in [2.45, 2.75) is 70.1 Å². The number of hydrogen-bond donors (Lipinski definition) is 0. The molecule has 0 radical (unpaired) electrons. The Morgan fingerprint density at radius 2 is 1.94 bits per heavy atom. The number of likely N-dealkylation sites (tertiary alicyclic amines) is 1.